The van der Waals surface area contributed by atoms with Crippen LogP contribution < -0.4 is 14.8 Å². The molecule has 2 heterocycles. The molecule has 2 aliphatic heterocycles. The van der Waals surface area contributed by atoms with Crippen molar-refractivity contribution < 1.29 is 9.47 Å². The number of rotatable bonds is 5. The summed E-state index contributed by atoms with van der Waals surface area (Å²) in [5.41, 5.74) is 2.60. The number of hydrogen-bond donors (Lipinski definition) is 1. The Bertz CT molecular complexity index is 521. The minimum absolute atomic E-state index is 0.750. The van der Waals surface area contributed by atoms with Crippen LogP contribution in [-0.2, 0) is 6.54 Å². The fourth-order valence-corrected chi connectivity index (χ4v) is 3.67. The zero-order valence-corrected chi connectivity index (χ0v) is 14.6. The Balaban J connectivity index is 1.60. The minimum Gasteiger partial charge on any atom is -0.493 e. The molecule has 0 aliphatic carbocycles. The highest BCUT2D eigenvalue weighted by molar-refractivity contribution is 5.47. The van der Waals surface area contributed by atoms with Crippen LogP contribution in [0.4, 0.5) is 0 Å². The van der Waals surface area contributed by atoms with Crippen LogP contribution in [0.15, 0.2) is 12.1 Å². The fourth-order valence-electron chi connectivity index (χ4n) is 3.67. The lowest BCUT2D eigenvalue weighted by atomic mass is 10.1. The van der Waals surface area contributed by atoms with E-state index in [2.05, 4.69) is 34.2 Å². The van der Waals surface area contributed by atoms with Crippen LogP contribution >= 0.6 is 0 Å². The van der Waals surface area contributed by atoms with Crippen LogP contribution in [0.3, 0.4) is 0 Å². The van der Waals surface area contributed by atoms with Crippen molar-refractivity contribution in [2.75, 3.05) is 53.5 Å². The van der Waals surface area contributed by atoms with Gasteiger partial charge < -0.3 is 14.8 Å². The third-order valence-corrected chi connectivity index (χ3v) is 5.19. The first-order chi connectivity index (χ1) is 11.2. The van der Waals surface area contributed by atoms with Crippen molar-refractivity contribution in [2.24, 2.45) is 0 Å². The minimum atomic E-state index is 0.750. The third-order valence-electron chi connectivity index (χ3n) is 5.19. The van der Waals surface area contributed by atoms with Crippen LogP contribution in [-0.4, -0.2) is 69.3 Å². The Labute approximate surface area is 139 Å². The van der Waals surface area contributed by atoms with Crippen LogP contribution in [0.5, 0.6) is 11.5 Å². The number of nitrogens with zero attached hydrogens (tertiary/aromatic N) is 2. The zero-order valence-electron chi connectivity index (χ0n) is 14.6. The van der Waals surface area contributed by atoms with Crippen molar-refractivity contribution in [3.8, 4) is 11.5 Å². The van der Waals surface area contributed by atoms with Gasteiger partial charge in [-0.1, -0.05) is 0 Å². The van der Waals surface area contributed by atoms with E-state index in [0.717, 1.165) is 43.7 Å². The number of piperazine rings is 1. The van der Waals surface area contributed by atoms with Gasteiger partial charge in [-0.05, 0) is 43.1 Å². The molecular formula is C18H29N3O2. The average Bonchev–Trinajstić information content (AvgIpc) is 3.11. The van der Waals surface area contributed by atoms with Gasteiger partial charge in [0.1, 0.15) is 0 Å². The maximum absolute atomic E-state index is 5.45. The molecule has 5 heteroatoms. The Morgan fingerprint density at radius 1 is 1.09 bits per heavy atom. The molecule has 1 aromatic carbocycles. The first kappa shape index (κ1) is 16.6. The first-order valence-electron chi connectivity index (χ1n) is 8.60. The summed E-state index contributed by atoms with van der Waals surface area (Å²) in [6.07, 6.45) is 1.30. The summed E-state index contributed by atoms with van der Waals surface area (Å²) in [5, 5.41) is 3.47. The van der Waals surface area contributed by atoms with Gasteiger partial charge in [0, 0.05) is 45.3 Å². The second kappa shape index (κ2) is 7.51. The third kappa shape index (κ3) is 3.79. The highest BCUT2D eigenvalue weighted by Gasteiger charge is 2.26. The van der Waals surface area contributed by atoms with Gasteiger partial charge in [0.15, 0.2) is 11.5 Å². The van der Waals surface area contributed by atoms with Gasteiger partial charge in [-0.15, -0.1) is 0 Å². The molecule has 0 radical (unpaired) electrons. The monoisotopic (exact) mass is 319 g/mol. The average molecular weight is 319 g/mol. The fraction of sp³-hybridized carbons (Fsp3) is 0.667. The van der Waals surface area contributed by atoms with E-state index in [9.17, 15) is 0 Å². The van der Waals surface area contributed by atoms with Crippen molar-refractivity contribution in [3.05, 3.63) is 23.3 Å². The van der Waals surface area contributed by atoms with E-state index in [4.69, 9.17) is 9.47 Å². The Morgan fingerprint density at radius 3 is 2.39 bits per heavy atom. The maximum Gasteiger partial charge on any atom is 0.161 e. The Morgan fingerprint density at radius 2 is 1.78 bits per heavy atom. The quantitative estimate of drug-likeness (QED) is 0.890. The van der Waals surface area contributed by atoms with Crippen molar-refractivity contribution in [3.63, 3.8) is 0 Å². The number of hydrogen-bond acceptors (Lipinski definition) is 5. The van der Waals surface area contributed by atoms with E-state index in [1.54, 1.807) is 14.2 Å². The topological polar surface area (TPSA) is 37.0 Å². The van der Waals surface area contributed by atoms with E-state index in [0.29, 0.717) is 0 Å². The molecule has 1 aromatic rings. The second-order valence-corrected chi connectivity index (χ2v) is 6.59. The van der Waals surface area contributed by atoms with Crippen LogP contribution in [0.25, 0.3) is 0 Å². The summed E-state index contributed by atoms with van der Waals surface area (Å²) in [6, 6.07) is 4.95. The lowest BCUT2D eigenvalue weighted by Gasteiger charge is -2.38. The van der Waals surface area contributed by atoms with E-state index >= 15 is 0 Å². The molecule has 2 saturated heterocycles. The zero-order chi connectivity index (χ0) is 16.2. The van der Waals surface area contributed by atoms with Gasteiger partial charge in [0.25, 0.3) is 0 Å². The molecule has 0 bridgehead atoms. The van der Waals surface area contributed by atoms with Gasteiger partial charge in [-0.2, -0.15) is 0 Å². The van der Waals surface area contributed by atoms with Crippen molar-refractivity contribution in [2.45, 2.75) is 25.9 Å². The van der Waals surface area contributed by atoms with Crippen molar-refractivity contribution in [1.29, 1.82) is 0 Å². The summed E-state index contributed by atoms with van der Waals surface area (Å²) in [5.74, 6) is 1.64. The van der Waals surface area contributed by atoms with Gasteiger partial charge in [0.05, 0.1) is 14.2 Å². The molecule has 2 fully saturated rings. The molecule has 1 N–H and O–H groups in total. The van der Waals surface area contributed by atoms with Gasteiger partial charge in [-0.3, -0.25) is 9.80 Å². The molecule has 128 valence electrons. The van der Waals surface area contributed by atoms with Crippen molar-refractivity contribution >= 4 is 0 Å². The number of ether oxygens (including phenoxy) is 2. The SMILES string of the molecule is COc1cc(C)c(CN2CCN(C3CCNC3)CC2)cc1OC. The molecule has 1 atom stereocenters. The van der Waals surface area contributed by atoms with Crippen molar-refractivity contribution in [1.82, 2.24) is 15.1 Å². The van der Waals surface area contributed by atoms with Gasteiger partial charge in [-0.25, -0.2) is 0 Å². The summed E-state index contributed by atoms with van der Waals surface area (Å²) in [7, 11) is 3.39. The molecule has 0 saturated carbocycles. The Kier molecular flexibility index (Phi) is 5.41. The number of aryl methyl sites for hydroxylation is 1. The molecule has 2 aliphatic rings. The molecule has 0 spiro atoms. The first-order valence-corrected chi connectivity index (χ1v) is 8.60. The van der Waals surface area contributed by atoms with E-state index in [1.807, 2.05) is 0 Å². The molecule has 0 amide bonds. The van der Waals surface area contributed by atoms with Crippen LogP contribution in [0.2, 0.25) is 0 Å². The van der Waals surface area contributed by atoms with E-state index in [-0.39, 0.29) is 0 Å². The molecule has 5 nitrogen and oxygen atoms in total. The highest BCUT2D eigenvalue weighted by atomic mass is 16.5. The largest absolute Gasteiger partial charge is 0.493 e. The lowest BCUT2D eigenvalue weighted by Crippen LogP contribution is -2.50. The lowest BCUT2D eigenvalue weighted by molar-refractivity contribution is 0.0979. The van der Waals surface area contributed by atoms with E-state index < -0.39 is 0 Å². The molecule has 0 aromatic heterocycles. The van der Waals surface area contributed by atoms with E-state index in [1.165, 1.54) is 37.2 Å². The standard InChI is InChI=1S/C18H29N3O2/c1-14-10-17(22-2)18(23-3)11-15(14)13-20-6-8-21(9-7-20)16-4-5-19-12-16/h10-11,16,19H,4-9,12-13H2,1-3H3. The summed E-state index contributed by atoms with van der Waals surface area (Å²) < 4.78 is 10.8. The number of nitrogens with one attached hydrogen (secondary N) is 1. The maximum atomic E-state index is 5.45. The summed E-state index contributed by atoms with van der Waals surface area (Å²) in [4.78, 5) is 5.20. The predicted molar refractivity (Wildman–Crippen MR) is 92.4 cm³/mol. The van der Waals surface area contributed by atoms with Gasteiger partial charge >= 0.3 is 0 Å². The molecule has 23 heavy (non-hydrogen) atoms. The van der Waals surface area contributed by atoms with Crippen LogP contribution in [0, 0.1) is 6.92 Å². The second-order valence-electron chi connectivity index (χ2n) is 6.59. The normalized spacial score (nSPS) is 23.2. The number of benzene rings is 1. The molecule has 3 rings (SSSR count). The predicted octanol–water partition coefficient (Wildman–Crippen LogP) is 1.49. The van der Waals surface area contributed by atoms with Gasteiger partial charge in [0.2, 0.25) is 0 Å². The van der Waals surface area contributed by atoms with Crippen LogP contribution in [0.1, 0.15) is 17.5 Å². The number of methoxy groups -OCH3 is 2. The highest BCUT2D eigenvalue weighted by Crippen LogP contribution is 2.31. The summed E-state index contributed by atoms with van der Waals surface area (Å²) >= 11 is 0. The molecule has 1 unspecified atom stereocenters. The summed E-state index contributed by atoms with van der Waals surface area (Å²) in [6.45, 7) is 10.1. The Hall–Kier alpha value is -1.30. The smallest absolute Gasteiger partial charge is 0.161 e. The molecular weight excluding hydrogens is 290 g/mol.